The van der Waals surface area contributed by atoms with Crippen LogP contribution in [0.5, 0.6) is 0 Å². The summed E-state index contributed by atoms with van der Waals surface area (Å²) in [6.07, 6.45) is 9.17. The molecule has 0 spiro atoms. The third kappa shape index (κ3) is 4.65. The van der Waals surface area contributed by atoms with Gasteiger partial charge in [-0.2, -0.15) is 5.10 Å². The van der Waals surface area contributed by atoms with Crippen molar-refractivity contribution in [2.45, 2.75) is 90.2 Å². The smallest absolute Gasteiger partial charge is 0.253 e. The zero-order valence-electron chi connectivity index (χ0n) is 19.7. The van der Waals surface area contributed by atoms with Gasteiger partial charge in [-0.15, -0.1) is 0 Å². The molecule has 2 saturated carbocycles. The molecule has 33 heavy (non-hydrogen) atoms. The maximum Gasteiger partial charge on any atom is 0.253 e. The Balaban J connectivity index is 1.55. The number of anilines is 1. The van der Waals surface area contributed by atoms with Gasteiger partial charge in [-0.1, -0.05) is 13.8 Å². The van der Waals surface area contributed by atoms with Crippen molar-refractivity contribution < 1.29 is 14.3 Å². The van der Waals surface area contributed by atoms with E-state index in [0.29, 0.717) is 24.2 Å². The fraction of sp³-hybridized carbons (Fsp3) is 0.615. The lowest BCUT2D eigenvalue weighted by atomic mass is 9.76. The van der Waals surface area contributed by atoms with E-state index in [2.05, 4.69) is 19.2 Å². The first-order valence-corrected chi connectivity index (χ1v) is 12.4. The van der Waals surface area contributed by atoms with Crippen LogP contribution in [0.1, 0.15) is 86.1 Å². The van der Waals surface area contributed by atoms with Crippen LogP contribution in [-0.2, 0) is 19.3 Å². The molecule has 2 fully saturated rings. The van der Waals surface area contributed by atoms with E-state index in [4.69, 9.17) is 10.8 Å². The standard InChI is InChI=1S/C26H35FN4O2/c1-26(2)10-9-19-21(11-15-3-4-15)30-31(23(19)14-26)17-12-20(27)24(25(28)33)22(13-17)29-16-5-7-18(32)8-6-16/h12-13,15-16,18,29,32H,3-11,14H2,1-2H3,(H2,28,33)/t16-,18-. The van der Waals surface area contributed by atoms with E-state index in [1.54, 1.807) is 0 Å². The molecule has 6 nitrogen and oxygen atoms in total. The first-order valence-electron chi connectivity index (χ1n) is 12.4. The second kappa shape index (κ2) is 8.42. The van der Waals surface area contributed by atoms with Crippen molar-refractivity contribution in [3.8, 4) is 5.69 Å². The van der Waals surface area contributed by atoms with Gasteiger partial charge in [0.2, 0.25) is 0 Å². The molecule has 1 aromatic heterocycles. The van der Waals surface area contributed by atoms with Gasteiger partial charge in [-0.25, -0.2) is 9.07 Å². The van der Waals surface area contributed by atoms with Gasteiger partial charge in [-0.3, -0.25) is 4.79 Å². The van der Waals surface area contributed by atoms with E-state index in [9.17, 15) is 9.90 Å². The number of aliphatic hydroxyl groups is 1. The minimum atomic E-state index is -0.782. The van der Waals surface area contributed by atoms with Crippen LogP contribution in [0.2, 0.25) is 0 Å². The Morgan fingerprint density at radius 1 is 1.24 bits per heavy atom. The highest BCUT2D eigenvalue weighted by Gasteiger charge is 2.34. The third-order valence-electron chi connectivity index (χ3n) is 7.67. The molecule has 3 aliphatic carbocycles. The number of nitrogens with one attached hydrogen (secondary N) is 1. The van der Waals surface area contributed by atoms with Gasteiger partial charge in [0, 0.05) is 17.8 Å². The molecule has 1 aromatic carbocycles. The predicted octanol–water partition coefficient (Wildman–Crippen LogP) is 4.29. The van der Waals surface area contributed by atoms with Crippen LogP contribution in [-0.4, -0.2) is 32.9 Å². The van der Waals surface area contributed by atoms with Gasteiger partial charge < -0.3 is 16.2 Å². The number of aromatic nitrogens is 2. The number of halogens is 1. The van der Waals surface area contributed by atoms with Crippen LogP contribution in [0.3, 0.4) is 0 Å². The molecule has 0 atom stereocenters. The average Bonchev–Trinajstić information content (AvgIpc) is 3.49. The highest BCUT2D eigenvalue weighted by Crippen LogP contribution is 2.40. The van der Waals surface area contributed by atoms with Crippen LogP contribution in [0.15, 0.2) is 12.1 Å². The maximum absolute atomic E-state index is 15.3. The van der Waals surface area contributed by atoms with Crippen molar-refractivity contribution >= 4 is 11.6 Å². The largest absolute Gasteiger partial charge is 0.393 e. The Morgan fingerprint density at radius 3 is 2.64 bits per heavy atom. The molecule has 178 valence electrons. The van der Waals surface area contributed by atoms with Crippen molar-refractivity contribution in [1.82, 2.24) is 9.78 Å². The summed E-state index contributed by atoms with van der Waals surface area (Å²) in [5.41, 5.74) is 10.3. The number of hydrogen-bond acceptors (Lipinski definition) is 4. The summed E-state index contributed by atoms with van der Waals surface area (Å²) in [7, 11) is 0. The van der Waals surface area contributed by atoms with E-state index in [1.165, 1.54) is 30.2 Å². The molecule has 3 aliphatic rings. The van der Waals surface area contributed by atoms with E-state index in [1.807, 2.05) is 10.7 Å². The Hall–Kier alpha value is -2.41. The molecule has 0 radical (unpaired) electrons. The zero-order valence-corrected chi connectivity index (χ0v) is 19.7. The fourth-order valence-corrected chi connectivity index (χ4v) is 5.50. The number of fused-ring (bicyclic) bond motifs is 1. The Kier molecular flexibility index (Phi) is 5.71. The molecule has 2 aromatic rings. The van der Waals surface area contributed by atoms with Gasteiger partial charge >= 0.3 is 0 Å². The summed E-state index contributed by atoms with van der Waals surface area (Å²) < 4.78 is 17.2. The third-order valence-corrected chi connectivity index (χ3v) is 7.67. The molecule has 0 saturated heterocycles. The zero-order chi connectivity index (χ0) is 23.3. The van der Waals surface area contributed by atoms with Crippen molar-refractivity contribution in [2.24, 2.45) is 17.1 Å². The van der Waals surface area contributed by atoms with E-state index in [-0.39, 0.29) is 23.1 Å². The average molecular weight is 455 g/mol. The Labute approximate surface area is 194 Å². The van der Waals surface area contributed by atoms with Crippen molar-refractivity contribution in [2.75, 3.05) is 5.32 Å². The summed E-state index contributed by atoms with van der Waals surface area (Å²) in [4.78, 5) is 12.1. The van der Waals surface area contributed by atoms with E-state index < -0.39 is 11.7 Å². The predicted molar refractivity (Wildman–Crippen MR) is 126 cm³/mol. The van der Waals surface area contributed by atoms with Crippen LogP contribution < -0.4 is 11.1 Å². The normalized spacial score (nSPS) is 24.4. The molecule has 7 heteroatoms. The van der Waals surface area contributed by atoms with Crippen LogP contribution in [0.25, 0.3) is 5.69 Å². The number of benzene rings is 1. The summed E-state index contributed by atoms with van der Waals surface area (Å²) in [6, 6.07) is 3.28. The van der Waals surface area contributed by atoms with E-state index >= 15 is 4.39 Å². The molecule has 5 rings (SSSR count). The second-order valence-electron chi connectivity index (χ2n) is 11.1. The molecule has 0 unspecified atom stereocenters. The van der Waals surface area contributed by atoms with Gasteiger partial charge in [0.25, 0.3) is 5.91 Å². The number of rotatable bonds is 6. The van der Waals surface area contributed by atoms with Crippen molar-refractivity contribution in [1.29, 1.82) is 0 Å². The van der Waals surface area contributed by atoms with Crippen molar-refractivity contribution in [3.63, 3.8) is 0 Å². The molecular formula is C26H35FN4O2. The van der Waals surface area contributed by atoms with Gasteiger partial charge in [0.1, 0.15) is 5.82 Å². The molecule has 0 bridgehead atoms. The van der Waals surface area contributed by atoms with Crippen molar-refractivity contribution in [3.05, 3.63) is 40.5 Å². The van der Waals surface area contributed by atoms with Gasteiger partial charge in [0.05, 0.1) is 28.7 Å². The number of nitrogens with two attached hydrogens (primary N) is 1. The summed E-state index contributed by atoms with van der Waals surface area (Å²) in [5, 5.41) is 18.2. The minimum absolute atomic E-state index is 0.0667. The summed E-state index contributed by atoms with van der Waals surface area (Å²) in [6.45, 7) is 4.55. The minimum Gasteiger partial charge on any atom is -0.393 e. The number of hydrogen-bond donors (Lipinski definition) is 3. The first kappa shape index (κ1) is 22.4. The summed E-state index contributed by atoms with van der Waals surface area (Å²) in [5.74, 6) is -0.683. The Morgan fingerprint density at radius 2 is 1.97 bits per heavy atom. The fourth-order valence-electron chi connectivity index (χ4n) is 5.50. The first-order chi connectivity index (χ1) is 15.7. The SMILES string of the molecule is CC1(C)CCc2c(CC3CC3)nn(-c3cc(F)c(C(N)=O)c(N[C@H]4CC[C@H](O)CC4)c3)c2C1. The molecule has 4 N–H and O–H groups in total. The molecule has 1 heterocycles. The number of carbonyl (C=O) groups excluding carboxylic acids is 1. The second-order valence-corrected chi connectivity index (χ2v) is 11.1. The Bertz CT molecular complexity index is 1060. The van der Waals surface area contributed by atoms with Crippen LogP contribution in [0, 0.1) is 17.2 Å². The summed E-state index contributed by atoms with van der Waals surface area (Å²) >= 11 is 0. The highest BCUT2D eigenvalue weighted by molar-refractivity contribution is 5.99. The monoisotopic (exact) mass is 454 g/mol. The van der Waals surface area contributed by atoms with Gasteiger partial charge in [-0.05, 0) is 87.2 Å². The molecule has 1 amide bonds. The van der Waals surface area contributed by atoms with Gasteiger partial charge in [0.15, 0.2) is 0 Å². The highest BCUT2D eigenvalue weighted by atomic mass is 19.1. The van der Waals surface area contributed by atoms with Crippen LogP contribution in [0.4, 0.5) is 10.1 Å². The lowest BCUT2D eigenvalue weighted by Gasteiger charge is -2.30. The maximum atomic E-state index is 15.3. The molecular weight excluding hydrogens is 419 g/mol. The lowest BCUT2D eigenvalue weighted by Crippen LogP contribution is -2.30. The van der Waals surface area contributed by atoms with E-state index in [0.717, 1.165) is 50.1 Å². The topological polar surface area (TPSA) is 93.2 Å². The lowest BCUT2D eigenvalue weighted by molar-refractivity contribution is 0.0996. The molecule has 0 aliphatic heterocycles. The van der Waals surface area contributed by atoms with Crippen LogP contribution >= 0.6 is 0 Å². The quantitative estimate of drug-likeness (QED) is 0.607. The number of nitrogens with zero attached hydrogens (tertiary/aromatic N) is 2. The number of carbonyl (C=O) groups is 1. The number of aliphatic hydroxyl groups excluding tert-OH is 1. The number of amides is 1. The number of primary amides is 1.